The molecule has 0 amide bonds. The predicted molar refractivity (Wildman–Crippen MR) is 60.5 cm³/mol. The van der Waals surface area contributed by atoms with E-state index in [-0.39, 0.29) is 6.04 Å². The van der Waals surface area contributed by atoms with Gasteiger partial charge in [-0.2, -0.15) is 0 Å². The Morgan fingerprint density at radius 2 is 2.29 bits per heavy atom. The highest BCUT2D eigenvalue weighted by atomic mass is 79.9. The second-order valence-corrected chi connectivity index (χ2v) is 4.51. The van der Waals surface area contributed by atoms with Crippen molar-refractivity contribution >= 4 is 33.2 Å². The van der Waals surface area contributed by atoms with Crippen LogP contribution in [0.1, 0.15) is 18.7 Å². The van der Waals surface area contributed by atoms with Crippen LogP contribution in [0.15, 0.2) is 22.9 Å². The van der Waals surface area contributed by atoms with Crippen molar-refractivity contribution in [2.45, 2.75) is 13.0 Å². The normalized spacial score (nSPS) is 13.4. The van der Waals surface area contributed by atoms with Gasteiger partial charge in [0.1, 0.15) is 0 Å². The predicted octanol–water partition coefficient (Wildman–Crippen LogP) is 2.77. The van der Waals surface area contributed by atoms with Crippen LogP contribution in [0, 0.1) is 0 Å². The fraction of sp³-hybridized carbons (Fsp3) is 0.222. The zero-order chi connectivity index (χ0) is 10.3. The molecule has 74 valence electrons. The summed E-state index contributed by atoms with van der Waals surface area (Å²) in [5, 5.41) is 0.617. The van der Waals surface area contributed by atoms with Crippen LogP contribution >= 0.6 is 27.5 Å². The van der Waals surface area contributed by atoms with Crippen molar-refractivity contribution in [3.63, 3.8) is 0 Å². The first-order valence-corrected chi connectivity index (χ1v) is 5.34. The molecule has 14 heavy (non-hydrogen) atoms. The molecule has 0 radical (unpaired) electrons. The first-order valence-electron chi connectivity index (χ1n) is 4.17. The van der Waals surface area contributed by atoms with E-state index in [0.717, 1.165) is 15.8 Å². The summed E-state index contributed by atoms with van der Waals surface area (Å²) < 4.78 is 2.79. The number of nitrogens with zero attached hydrogens (tertiary/aromatic N) is 2. The quantitative estimate of drug-likeness (QED) is 0.869. The van der Waals surface area contributed by atoms with Crippen LogP contribution in [0.2, 0.25) is 5.02 Å². The Morgan fingerprint density at radius 3 is 2.93 bits per heavy atom. The fourth-order valence-electron chi connectivity index (χ4n) is 1.26. The monoisotopic (exact) mass is 273 g/mol. The molecule has 1 unspecified atom stereocenters. The van der Waals surface area contributed by atoms with Gasteiger partial charge in [-0.05, 0) is 28.9 Å². The minimum absolute atomic E-state index is 0.0789. The SMILES string of the molecule is CC(N)c1cn2cc(Br)cc(Cl)c2n1. The number of pyridine rings is 1. The van der Waals surface area contributed by atoms with Crippen LogP contribution in [0.4, 0.5) is 0 Å². The Balaban J connectivity index is 2.70. The van der Waals surface area contributed by atoms with Gasteiger partial charge in [-0.3, -0.25) is 0 Å². The summed E-state index contributed by atoms with van der Waals surface area (Å²) in [5.74, 6) is 0. The highest BCUT2D eigenvalue weighted by molar-refractivity contribution is 9.10. The molecule has 5 heteroatoms. The topological polar surface area (TPSA) is 43.3 Å². The van der Waals surface area contributed by atoms with E-state index in [9.17, 15) is 0 Å². The molecule has 0 aromatic carbocycles. The molecular weight excluding hydrogens is 265 g/mol. The molecule has 2 heterocycles. The van der Waals surface area contributed by atoms with E-state index >= 15 is 0 Å². The molecule has 0 saturated heterocycles. The van der Waals surface area contributed by atoms with Crippen LogP contribution in [0.25, 0.3) is 5.65 Å². The highest BCUT2D eigenvalue weighted by Crippen LogP contribution is 2.23. The Bertz CT molecular complexity index is 478. The summed E-state index contributed by atoms with van der Waals surface area (Å²) in [4.78, 5) is 4.34. The standard InChI is InChI=1S/C9H9BrClN3/c1-5(12)8-4-14-3-6(10)2-7(11)9(14)13-8/h2-5H,12H2,1H3. The van der Waals surface area contributed by atoms with Gasteiger partial charge in [0, 0.05) is 22.9 Å². The van der Waals surface area contributed by atoms with E-state index < -0.39 is 0 Å². The maximum atomic E-state index is 6.03. The Hall–Kier alpha value is -0.580. The zero-order valence-electron chi connectivity index (χ0n) is 7.54. The zero-order valence-corrected chi connectivity index (χ0v) is 9.88. The van der Waals surface area contributed by atoms with Gasteiger partial charge in [0.05, 0.1) is 10.7 Å². The van der Waals surface area contributed by atoms with Crippen molar-refractivity contribution in [2.75, 3.05) is 0 Å². The third kappa shape index (κ3) is 1.65. The summed E-state index contributed by atoms with van der Waals surface area (Å²) in [6, 6.07) is 1.74. The number of nitrogens with two attached hydrogens (primary N) is 1. The van der Waals surface area contributed by atoms with Crippen LogP contribution in [0.5, 0.6) is 0 Å². The highest BCUT2D eigenvalue weighted by Gasteiger charge is 2.08. The molecular formula is C9H9BrClN3. The maximum Gasteiger partial charge on any atom is 0.155 e. The molecule has 1 atom stereocenters. The molecule has 0 aliphatic heterocycles. The van der Waals surface area contributed by atoms with E-state index in [4.69, 9.17) is 17.3 Å². The summed E-state index contributed by atoms with van der Waals surface area (Å²) in [6.45, 7) is 1.89. The van der Waals surface area contributed by atoms with E-state index in [2.05, 4.69) is 20.9 Å². The summed E-state index contributed by atoms with van der Waals surface area (Å²) >= 11 is 9.39. The third-order valence-electron chi connectivity index (χ3n) is 1.96. The van der Waals surface area contributed by atoms with Gasteiger partial charge < -0.3 is 10.1 Å². The van der Waals surface area contributed by atoms with Gasteiger partial charge in [-0.1, -0.05) is 11.6 Å². The lowest BCUT2D eigenvalue weighted by Gasteiger charge is -1.96. The van der Waals surface area contributed by atoms with Crippen molar-refractivity contribution in [3.8, 4) is 0 Å². The lowest BCUT2D eigenvalue weighted by Crippen LogP contribution is -2.04. The van der Waals surface area contributed by atoms with Gasteiger partial charge in [0.2, 0.25) is 0 Å². The van der Waals surface area contributed by atoms with Gasteiger partial charge in [-0.25, -0.2) is 4.98 Å². The van der Waals surface area contributed by atoms with Gasteiger partial charge >= 0.3 is 0 Å². The number of fused-ring (bicyclic) bond motifs is 1. The summed E-state index contributed by atoms with van der Waals surface area (Å²) in [5.41, 5.74) is 7.31. The minimum atomic E-state index is -0.0789. The van der Waals surface area contributed by atoms with Crippen molar-refractivity contribution in [2.24, 2.45) is 5.73 Å². The largest absolute Gasteiger partial charge is 0.323 e. The molecule has 3 nitrogen and oxygen atoms in total. The molecule has 0 fully saturated rings. The Labute approximate surface area is 95.0 Å². The fourth-order valence-corrected chi connectivity index (χ4v) is 2.10. The van der Waals surface area contributed by atoms with Crippen LogP contribution < -0.4 is 5.73 Å². The first-order chi connectivity index (χ1) is 6.58. The smallest absolute Gasteiger partial charge is 0.155 e. The van der Waals surface area contributed by atoms with Crippen molar-refractivity contribution < 1.29 is 0 Å². The number of imidazole rings is 1. The van der Waals surface area contributed by atoms with Gasteiger partial charge in [0.15, 0.2) is 5.65 Å². The molecule has 2 aromatic heterocycles. The van der Waals surface area contributed by atoms with Crippen LogP contribution in [0.3, 0.4) is 0 Å². The molecule has 2 rings (SSSR count). The maximum absolute atomic E-state index is 6.03. The average Bonchev–Trinajstić information content (AvgIpc) is 2.47. The number of hydrogen-bond acceptors (Lipinski definition) is 2. The van der Waals surface area contributed by atoms with Crippen molar-refractivity contribution in [1.29, 1.82) is 0 Å². The number of rotatable bonds is 1. The van der Waals surface area contributed by atoms with E-state index in [1.54, 1.807) is 0 Å². The average molecular weight is 275 g/mol. The molecule has 2 aromatic rings. The van der Waals surface area contributed by atoms with E-state index in [1.165, 1.54) is 0 Å². The number of hydrogen-bond donors (Lipinski definition) is 1. The second kappa shape index (κ2) is 3.53. The van der Waals surface area contributed by atoms with Crippen molar-refractivity contribution in [1.82, 2.24) is 9.38 Å². The number of halogens is 2. The van der Waals surface area contributed by atoms with Crippen molar-refractivity contribution in [3.05, 3.63) is 33.6 Å². The molecule has 0 spiro atoms. The van der Waals surface area contributed by atoms with E-state index in [1.807, 2.05) is 29.8 Å². The minimum Gasteiger partial charge on any atom is -0.323 e. The summed E-state index contributed by atoms with van der Waals surface area (Å²) in [6.07, 6.45) is 3.79. The molecule has 0 aliphatic rings. The molecule has 0 saturated carbocycles. The molecule has 0 aliphatic carbocycles. The lowest BCUT2D eigenvalue weighted by molar-refractivity contribution is 0.790. The van der Waals surface area contributed by atoms with Gasteiger partial charge in [0.25, 0.3) is 0 Å². The van der Waals surface area contributed by atoms with Crippen LogP contribution in [-0.4, -0.2) is 9.38 Å². The summed E-state index contributed by atoms with van der Waals surface area (Å²) in [7, 11) is 0. The third-order valence-corrected chi connectivity index (χ3v) is 2.67. The Morgan fingerprint density at radius 1 is 1.57 bits per heavy atom. The Kier molecular flexibility index (Phi) is 2.51. The van der Waals surface area contributed by atoms with E-state index in [0.29, 0.717) is 5.02 Å². The van der Waals surface area contributed by atoms with Crippen LogP contribution in [-0.2, 0) is 0 Å². The van der Waals surface area contributed by atoms with Gasteiger partial charge in [-0.15, -0.1) is 0 Å². The lowest BCUT2D eigenvalue weighted by atomic mass is 10.3. The first kappa shape index (κ1) is 9.96. The number of aromatic nitrogens is 2. The molecule has 2 N–H and O–H groups in total. The second-order valence-electron chi connectivity index (χ2n) is 3.19. The molecule has 0 bridgehead atoms.